The van der Waals surface area contributed by atoms with Gasteiger partial charge in [-0.15, -0.1) is 0 Å². The van der Waals surface area contributed by atoms with Gasteiger partial charge in [0.2, 0.25) is 0 Å². The van der Waals surface area contributed by atoms with Gasteiger partial charge in [0, 0.05) is 31.3 Å². The first-order chi connectivity index (χ1) is 14.9. The summed E-state index contributed by atoms with van der Waals surface area (Å²) in [6.07, 6.45) is 1.88. The molecule has 2 aliphatic heterocycles. The largest absolute Gasteiger partial charge is 0.497 e. The SMILES string of the molecule is COc1cc(OC)cc(N2C(=O)C(c3ccc(F)cc3)=C(N3CCC(C)CC3)C2=O)c1. The summed E-state index contributed by atoms with van der Waals surface area (Å²) in [7, 11) is 3.02. The molecular weight excluding hydrogens is 399 g/mol. The number of nitrogens with zero attached hydrogens (tertiary/aromatic N) is 2. The Balaban J connectivity index is 1.81. The van der Waals surface area contributed by atoms with E-state index in [1.165, 1.54) is 38.5 Å². The van der Waals surface area contributed by atoms with Crippen molar-refractivity contribution >= 4 is 23.1 Å². The number of hydrogen-bond donors (Lipinski definition) is 0. The van der Waals surface area contributed by atoms with Crippen LogP contribution >= 0.6 is 0 Å². The zero-order valence-corrected chi connectivity index (χ0v) is 17.9. The highest BCUT2D eigenvalue weighted by Crippen LogP contribution is 2.38. The van der Waals surface area contributed by atoms with Crippen LogP contribution in [0.3, 0.4) is 0 Å². The second kappa shape index (κ2) is 8.41. The molecule has 2 aliphatic rings. The summed E-state index contributed by atoms with van der Waals surface area (Å²) >= 11 is 0. The zero-order chi connectivity index (χ0) is 22.1. The fourth-order valence-corrected chi connectivity index (χ4v) is 4.08. The van der Waals surface area contributed by atoms with Crippen LogP contribution in [-0.2, 0) is 9.59 Å². The van der Waals surface area contributed by atoms with Crippen molar-refractivity contribution in [3.05, 3.63) is 59.5 Å². The van der Waals surface area contributed by atoms with Crippen molar-refractivity contribution in [2.45, 2.75) is 19.8 Å². The molecule has 0 aliphatic carbocycles. The topological polar surface area (TPSA) is 59.1 Å². The van der Waals surface area contributed by atoms with Crippen LogP contribution in [0.25, 0.3) is 5.57 Å². The van der Waals surface area contributed by atoms with Gasteiger partial charge in [-0.25, -0.2) is 9.29 Å². The number of piperidine rings is 1. The van der Waals surface area contributed by atoms with Crippen LogP contribution in [0.15, 0.2) is 48.2 Å². The summed E-state index contributed by atoms with van der Waals surface area (Å²) in [6.45, 7) is 3.56. The van der Waals surface area contributed by atoms with Crippen LogP contribution in [0.1, 0.15) is 25.3 Å². The molecule has 162 valence electrons. The maximum Gasteiger partial charge on any atom is 0.282 e. The van der Waals surface area contributed by atoms with Crippen molar-refractivity contribution in [2.75, 3.05) is 32.2 Å². The van der Waals surface area contributed by atoms with Gasteiger partial charge in [-0.05, 0) is 36.5 Å². The third kappa shape index (κ3) is 3.87. The zero-order valence-electron chi connectivity index (χ0n) is 17.9. The predicted molar refractivity (Wildman–Crippen MR) is 115 cm³/mol. The third-order valence-electron chi connectivity index (χ3n) is 5.89. The van der Waals surface area contributed by atoms with E-state index in [1.807, 2.05) is 4.90 Å². The number of ether oxygens (including phenoxy) is 2. The lowest BCUT2D eigenvalue weighted by Gasteiger charge is -2.32. The minimum Gasteiger partial charge on any atom is -0.497 e. The minimum atomic E-state index is -0.444. The Bertz CT molecular complexity index is 1020. The van der Waals surface area contributed by atoms with E-state index < -0.39 is 17.6 Å². The number of halogens is 1. The third-order valence-corrected chi connectivity index (χ3v) is 5.89. The van der Waals surface area contributed by atoms with Crippen LogP contribution in [0.5, 0.6) is 11.5 Å². The number of benzene rings is 2. The summed E-state index contributed by atoms with van der Waals surface area (Å²) in [5, 5.41) is 0. The number of hydrogen-bond acceptors (Lipinski definition) is 5. The average molecular weight is 424 g/mol. The molecule has 0 aromatic heterocycles. The summed E-state index contributed by atoms with van der Waals surface area (Å²) in [5.41, 5.74) is 1.54. The molecule has 0 unspecified atom stereocenters. The number of carbonyl (C=O) groups excluding carboxylic acids is 2. The second-order valence-electron chi connectivity index (χ2n) is 7.92. The number of imide groups is 1. The molecule has 4 rings (SSSR count). The van der Waals surface area contributed by atoms with Crippen molar-refractivity contribution in [3.8, 4) is 11.5 Å². The standard InChI is InChI=1S/C24H25FN2O4/c1-15-8-10-26(11-9-15)22-21(16-4-6-17(25)7-5-16)23(28)27(24(22)29)18-12-19(30-2)14-20(13-18)31-3/h4-7,12-15H,8-11H2,1-3H3. The van der Waals surface area contributed by atoms with Gasteiger partial charge in [0.05, 0.1) is 25.5 Å². The predicted octanol–water partition coefficient (Wildman–Crippen LogP) is 3.86. The normalized spacial score (nSPS) is 17.5. The van der Waals surface area contributed by atoms with Gasteiger partial charge in [0.1, 0.15) is 23.0 Å². The van der Waals surface area contributed by atoms with Crippen molar-refractivity contribution in [3.63, 3.8) is 0 Å². The highest BCUT2D eigenvalue weighted by molar-refractivity contribution is 6.45. The Morgan fingerprint density at radius 1 is 0.903 bits per heavy atom. The minimum absolute atomic E-state index is 0.293. The Kier molecular flexibility index (Phi) is 5.67. The highest BCUT2D eigenvalue weighted by atomic mass is 19.1. The van der Waals surface area contributed by atoms with Gasteiger partial charge in [-0.2, -0.15) is 0 Å². The van der Waals surface area contributed by atoms with Crippen molar-refractivity contribution in [2.24, 2.45) is 5.92 Å². The van der Waals surface area contributed by atoms with Gasteiger partial charge < -0.3 is 14.4 Å². The highest BCUT2D eigenvalue weighted by Gasteiger charge is 2.43. The summed E-state index contributed by atoms with van der Waals surface area (Å²) in [6, 6.07) is 10.6. The lowest BCUT2D eigenvalue weighted by Crippen LogP contribution is -2.38. The first kappa shape index (κ1) is 20.9. The van der Waals surface area contributed by atoms with Gasteiger partial charge in [-0.1, -0.05) is 19.1 Å². The molecule has 2 aromatic rings. The Labute approximate surface area is 180 Å². The fourth-order valence-electron chi connectivity index (χ4n) is 4.08. The van der Waals surface area contributed by atoms with E-state index in [4.69, 9.17) is 9.47 Å². The molecule has 0 bridgehead atoms. The Morgan fingerprint density at radius 2 is 1.48 bits per heavy atom. The maximum absolute atomic E-state index is 13.6. The molecule has 0 N–H and O–H groups in total. The fraction of sp³-hybridized carbons (Fsp3) is 0.333. The molecule has 6 nitrogen and oxygen atoms in total. The molecular formula is C24H25FN2O4. The number of carbonyl (C=O) groups is 2. The second-order valence-corrected chi connectivity index (χ2v) is 7.92. The molecule has 1 saturated heterocycles. The van der Waals surface area contributed by atoms with Crippen LogP contribution in [0.2, 0.25) is 0 Å². The van der Waals surface area contributed by atoms with Crippen LogP contribution in [0, 0.1) is 11.7 Å². The number of likely N-dealkylation sites (tertiary alicyclic amines) is 1. The molecule has 7 heteroatoms. The van der Waals surface area contributed by atoms with Crippen LogP contribution in [-0.4, -0.2) is 44.0 Å². The Hall–Kier alpha value is -3.35. The number of methoxy groups -OCH3 is 2. The van der Waals surface area contributed by atoms with E-state index >= 15 is 0 Å². The maximum atomic E-state index is 13.6. The number of anilines is 1. The van der Waals surface area contributed by atoms with E-state index in [-0.39, 0.29) is 0 Å². The molecule has 0 radical (unpaired) electrons. The Morgan fingerprint density at radius 3 is 2.03 bits per heavy atom. The van der Waals surface area contributed by atoms with E-state index in [2.05, 4.69) is 6.92 Å². The van der Waals surface area contributed by atoms with Crippen molar-refractivity contribution < 1.29 is 23.5 Å². The van der Waals surface area contributed by atoms with Gasteiger partial charge >= 0.3 is 0 Å². The average Bonchev–Trinajstić information content (AvgIpc) is 3.04. The molecule has 0 saturated carbocycles. The first-order valence-electron chi connectivity index (χ1n) is 10.3. The van der Waals surface area contributed by atoms with Crippen LogP contribution < -0.4 is 14.4 Å². The molecule has 2 aromatic carbocycles. The van der Waals surface area contributed by atoms with Gasteiger partial charge in [0.25, 0.3) is 11.8 Å². The smallest absolute Gasteiger partial charge is 0.282 e. The molecule has 31 heavy (non-hydrogen) atoms. The van der Waals surface area contributed by atoms with Crippen molar-refractivity contribution in [1.29, 1.82) is 0 Å². The van der Waals surface area contributed by atoms with Gasteiger partial charge in [-0.3, -0.25) is 9.59 Å². The molecule has 1 fully saturated rings. The molecule has 2 heterocycles. The van der Waals surface area contributed by atoms with Crippen LogP contribution in [0.4, 0.5) is 10.1 Å². The summed E-state index contributed by atoms with van der Waals surface area (Å²) in [4.78, 5) is 30.3. The lowest BCUT2D eigenvalue weighted by molar-refractivity contribution is -0.120. The molecule has 0 spiro atoms. The molecule has 2 amide bonds. The monoisotopic (exact) mass is 424 g/mol. The quantitative estimate of drug-likeness (QED) is 0.683. The van der Waals surface area contributed by atoms with E-state index in [1.54, 1.807) is 18.2 Å². The van der Waals surface area contributed by atoms with E-state index in [0.29, 0.717) is 53.0 Å². The first-order valence-corrected chi connectivity index (χ1v) is 10.3. The van der Waals surface area contributed by atoms with E-state index in [9.17, 15) is 14.0 Å². The van der Waals surface area contributed by atoms with E-state index in [0.717, 1.165) is 17.7 Å². The number of rotatable bonds is 5. The lowest BCUT2D eigenvalue weighted by atomic mass is 9.97. The van der Waals surface area contributed by atoms with Crippen molar-refractivity contribution in [1.82, 2.24) is 4.90 Å². The number of amides is 2. The summed E-state index contributed by atoms with van der Waals surface area (Å²) < 4.78 is 24.2. The molecule has 0 atom stereocenters. The summed E-state index contributed by atoms with van der Waals surface area (Å²) in [5.74, 6) is 0.271. The van der Waals surface area contributed by atoms with Gasteiger partial charge in [0.15, 0.2) is 0 Å².